The van der Waals surface area contributed by atoms with Crippen molar-refractivity contribution in [1.82, 2.24) is 14.5 Å². The lowest BCUT2D eigenvalue weighted by molar-refractivity contribution is -0.133. The Labute approximate surface area is 211 Å². The van der Waals surface area contributed by atoms with Gasteiger partial charge in [0.05, 0.1) is 4.90 Å². The fraction of sp³-hybridized carbons (Fsp3) is 0.423. The number of benzene rings is 2. The Morgan fingerprint density at radius 1 is 1.00 bits per heavy atom. The number of imide groups is 1. The Hall–Kier alpha value is -3.24. The lowest BCUT2D eigenvalue weighted by Gasteiger charge is -2.24. The number of anilines is 1. The zero-order valence-corrected chi connectivity index (χ0v) is 21.8. The van der Waals surface area contributed by atoms with E-state index in [-0.39, 0.29) is 10.3 Å². The average Bonchev–Trinajstić information content (AvgIpc) is 3.44. The number of sulfonamides is 1. The molecule has 2 aliphatic rings. The Morgan fingerprint density at radius 2 is 1.58 bits per heavy atom. The van der Waals surface area contributed by atoms with Gasteiger partial charge in [-0.1, -0.05) is 45.0 Å². The molecule has 0 bridgehead atoms. The van der Waals surface area contributed by atoms with E-state index in [9.17, 15) is 22.8 Å². The largest absolute Gasteiger partial charge is 0.325 e. The molecule has 4 amide bonds. The predicted octanol–water partition coefficient (Wildman–Crippen LogP) is 3.17. The van der Waals surface area contributed by atoms with Crippen LogP contribution in [-0.2, 0) is 30.6 Å². The van der Waals surface area contributed by atoms with Gasteiger partial charge in [0.15, 0.2) is 0 Å². The first-order valence-corrected chi connectivity index (χ1v) is 13.4. The van der Waals surface area contributed by atoms with Crippen molar-refractivity contribution in [2.75, 3.05) is 25.0 Å². The molecule has 2 saturated heterocycles. The number of hydrogen-bond acceptors (Lipinski definition) is 5. The van der Waals surface area contributed by atoms with Gasteiger partial charge in [0.1, 0.15) is 12.1 Å². The summed E-state index contributed by atoms with van der Waals surface area (Å²) in [6.45, 7) is 8.44. The molecule has 9 nitrogen and oxygen atoms in total. The summed E-state index contributed by atoms with van der Waals surface area (Å²) in [5, 5.41) is 5.34. The van der Waals surface area contributed by atoms with Crippen molar-refractivity contribution in [3.63, 3.8) is 0 Å². The minimum atomic E-state index is -3.55. The van der Waals surface area contributed by atoms with Gasteiger partial charge >= 0.3 is 6.03 Å². The maximum atomic E-state index is 13.2. The van der Waals surface area contributed by atoms with Crippen LogP contribution in [0.15, 0.2) is 53.4 Å². The van der Waals surface area contributed by atoms with Crippen molar-refractivity contribution >= 4 is 33.6 Å². The van der Waals surface area contributed by atoms with Gasteiger partial charge in [-0.05, 0) is 60.6 Å². The van der Waals surface area contributed by atoms with E-state index >= 15 is 0 Å². The number of carbonyl (C=O) groups excluding carboxylic acids is 3. The van der Waals surface area contributed by atoms with Crippen LogP contribution in [0.4, 0.5) is 10.5 Å². The molecule has 192 valence electrons. The Morgan fingerprint density at radius 3 is 2.14 bits per heavy atom. The smallest absolute Gasteiger partial charge is 0.325 e. The normalized spacial score (nSPS) is 21.1. The summed E-state index contributed by atoms with van der Waals surface area (Å²) in [6.07, 6.45) is 1.69. The van der Waals surface area contributed by atoms with Crippen LogP contribution in [0.1, 0.15) is 51.7 Å². The maximum absolute atomic E-state index is 13.2. The summed E-state index contributed by atoms with van der Waals surface area (Å²) >= 11 is 0. The molecule has 10 heteroatoms. The summed E-state index contributed by atoms with van der Waals surface area (Å²) in [5.74, 6) is -1.08. The minimum Gasteiger partial charge on any atom is -0.325 e. The monoisotopic (exact) mass is 512 g/mol. The van der Waals surface area contributed by atoms with Crippen molar-refractivity contribution in [2.24, 2.45) is 0 Å². The first kappa shape index (κ1) is 25.8. The fourth-order valence-electron chi connectivity index (χ4n) is 4.47. The highest BCUT2D eigenvalue weighted by molar-refractivity contribution is 7.89. The molecule has 0 saturated carbocycles. The zero-order valence-electron chi connectivity index (χ0n) is 21.0. The topological polar surface area (TPSA) is 116 Å². The van der Waals surface area contributed by atoms with Gasteiger partial charge in [-0.15, -0.1) is 0 Å². The molecule has 0 unspecified atom stereocenters. The number of nitrogens with one attached hydrogen (secondary N) is 2. The zero-order chi connectivity index (χ0) is 26.3. The molecule has 36 heavy (non-hydrogen) atoms. The number of urea groups is 1. The molecule has 2 aliphatic heterocycles. The predicted molar refractivity (Wildman–Crippen MR) is 136 cm³/mol. The molecule has 2 aromatic rings. The van der Waals surface area contributed by atoms with Crippen LogP contribution in [0.2, 0.25) is 0 Å². The quantitative estimate of drug-likeness (QED) is 0.577. The lowest BCUT2D eigenvalue weighted by Crippen LogP contribution is -2.42. The Kier molecular flexibility index (Phi) is 6.70. The van der Waals surface area contributed by atoms with E-state index < -0.39 is 40.0 Å². The number of rotatable bonds is 6. The van der Waals surface area contributed by atoms with Crippen LogP contribution in [0.5, 0.6) is 0 Å². The molecule has 4 rings (SSSR count). The summed E-state index contributed by atoms with van der Waals surface area (Å²) in [5.41, 5.74) is 0.768. The highest BCUT2D eigenvalue weighted by atomic mass is 32.2. The van der Waals surface area contributed by atoms with Gasteiger partial charge in [-0.25, -0.2) is 13.2 Å². The van der Waals surface area contributed by atoms with Gasteiger partial charge in [-0.2, -0.15) is 4.31 Å². The van der Waals surface area contributed by atoms with Crippen LogP contribution < -0.4 is 10.6 Å². The SMILES string of the molecule is CC(C)(C)c1ccc([C@@]2(C)NC(=O)N(CC(=O)Nc3ccc(S(=O)(=O)N4CCCC4)cc3)C2=O)cc1. The molecule has 0 aromatic heterocycles. The van der Waals surface area contributed by atoms with E-state index in [0.29, 0.717) is 24.3 Å². The van der Waals surface area contributed by atoms with Crippen LogP contribution in [-0.4, -0.2) is 55.1 Å². The van der Waals surface area contributed by atoms with Crippen molar-refractivity contribution in [2.45, 2.75) is 56.4 Å². The third kappa shape index (κ3) is 4.87. The third-order valence-electron chi connectivity index (χ3n) is 6.75. The van der Waals surface area contributed by atoms with Crippen LogP contribution in [0.25, 0.3) is 0 Å². The van der Waals surface area contributed by atoms with Gasteiger partial charge in [0.2, 0.25) is 15.9 Å². The minimum absolute atomic E-state index is 0.0525. The molecule has 2 heterocycles. The van der Waals surface area contributed by atoms with Crippen LogP contribution in [0.3, 0.4) is 0 Å². The van der Waals surface area contributed by atoms with Gasteiger partial charge in [0.25, 0.3) is 5.91 Å². The number of nitrogens with zero attached hydrogens (tertiary/aromatic N) is 2. The second-order valence-corrected chi connectivity index (χ2v) is 12.4. The lowest BCUT2D eigenvalue weighted by atomic mass is 9.84. The van der Waals surface area contributed by atoms with Crippen molar-refractivity contribution in [1.29, 1.82) is 0 Å². The number of carbonyl (C=O) groups is 3. The Balaban J connectivity index is 1.42. The molecule has 2 aromatic carbocycles. The van der Waals surface area contributed by atoms with Gasteiger partial charge in [-0.3, -0.25) is 14.5 Å². The molecule has 2 N–H and O–H groups in total. The van der Waals surface area contributed by atoms with E-state index in [0.717, 1.165) is 23.3 Å². The molecule has 0 spiro atoms. The van der Waals surface area contributed by atoms with E-state index in [2.05, 4.69) is 31.4 Å². The standard InChI is InChI=1S/C26H32N4O5S/c1-25(2,3)18-7-9-19(10-8-18)26(4)23(32)30(24(33)28-26)17-22(31)27-20-11-13-21(14-12-20)36(34,35)29-15-5-6-16-29/h7-14H,5-6,15-17H2,1-4H3,(H,27,31)(H,28,33)/t26-/m1/s1. The highest BCUT2D eigenvalue weighted by Gasteiger charge is 2.49. The highest BCUT2D eigenvalue weighted by Crippen LogP contribution is 2.31. The van der Waals surface area contributed by atoms with E-state index in [1.807, 2.05) is 24.3 Å². The number of amides is 4. The second-order valence-electron chi connectivity index (χ2n) is 10.5. The third-order valence-corrected chi connectivity index (χ3v) is 8.66. The van der Waals surface area contributed by atoms with Crippen molar-refractivity contribution in [3.8, 4) is 0 Å². The second kappa shape index (κ2) is 9.33. The summed E-state index contributed by atoms with van der Waals surface area (Å²) in [7, 11) is -3.55. The first-order chi connectivity index (χ1) is 16.8. The van der Waals surface area contributed by atoms with E-state index in [4.69, 9.17) is 0 Å². The first-order valence-electron chi connectivity index (χ1n) is 12.0. The van der Waals surface area contributed by atoms with Gasteiger partial charge < -0.3 is 10.6 Å². The van der Waals surface area contributed by atoms with Crippen LogP contribution >= 0.6 is 0 Å². The summed E-state index contributed by atoms with van der Waals surface area (Å²) in [4.78, 5) is 39.5. The molecule has 0 radical (unpaired) electrons. The Bertz CT molecular complexity index is 1280. The van der Waals surface area contributed by atoms with Gasteiger partial charge in [0, 0.05) is 18.8 Å². The van der Waals surface area contributed by atoms with E-state index in [1.54, 1.807) is 6.92 Å². The van der Waals surface area contributed by atoms with E-state index in [1.165, 1.54) is 28.6 Å². The maximum Gasteiger partial charge on any atom is 0.325 e. The van der Waals surface area contributed by atoms with Crippen molar-refractivity contribution in [3.05, 3.63) is 59.7 Å². The molecule has 1 atom stereocenters. The molecule has 2 fully saturated rings. The molecular formula is C26H32N4O5S. The van der Waals surface area contributed by atoms with Crippen LogP contribution in [0, 0.1) is 0 Å². The molecular weight excluding hydrogens is 480 g/mol. The number of hydrogen-bond donors (Lipinski definition) is 2. The van der Waals surface area contributed by atoms with Crippen molar-refractivity contribution < 1.29 is 22.8 Å². The molecule has 0 aliphatic carbocycles. The summed E-state index contributed by atoms with van der Waals surface area (Å²) in [6, 6.07) is 12.7. The fourth-order valence-corrected chi connectivity index (χ4v) is 5.99. The average molecular weight is 513 g/mol. The summed E-state index contributed by atoms with van der Waals surface area (Å²) < 4.78 is 26.8.